The molecule has 0 radical (unpaired) electrons. The third kappa shape index (κ3) is 6.33. The Morgan fingerprint density at radius 2 is 1.59 bits per heavy atom. The van der Waals surface area contributed by atoms with E-state index in [9.17, 15) is 18.0 Å². The molecule has 0 saturated heterocycles. The molecule has 0 aliphatic carbocycles. The number of nitrogens with one attached hydrogen (secondary N) is 1. The first kappa shape index (κ1) is 27.2. The van der Waals surface area contributed by atoms with Crippen molar-refractivity contribution in [1.29, 1.82) is 0 Å². The molecule has 3 N–H and O–H groups in total. The Hall–Kier alpha value is -2.85. The first-order valence-corrected chi connectivity index (χ1v) is 9.33. The SMILES string of the molecule is COc1c(Oc2ccc(CCN)cc2)cc(C(=O)NC(C)C(F)(F)F)c(OC)c1OC.Cl. The molecule has 0 aliphatic rings. The van der Waals surface area contributed by atoms with Crippen LogP contribution in [0.1, 0.15) is 22.8 Å². The van der Waals surface area contributed by atoms with Crippen molar-refractivity contribution in [2.24, 2.45) is 5.73 Å². The van der Waals surface area contributed by atoms with E-state index >= 15 is 0 Å². The third-order valence-electron chi connectivity index (χ3n) is 4.44. The highest BCUT2D eigenvalue weighted by Crippen LogP contribution is 2.48. The molecule has 1 unspecified atom stereocenters. The highest BCUT2D eigenvalue weighted by Gasteiger charge is 2.38. The summed E-state index contributed by atoms with van der Waals surface area (Å²) < 4.78 is 60.4. The molecule has 0 aromatic heterocycles. The zero-order valence-electron chi connectivity index (χ0n) is 18.0. The Balaban J connectivity index is 0.00000512. The van der Waals surface area contributed by atoms with Crippen molar-refractivity contribution < 1.29 is 36.9 Å². The lowest BCUT2D eigenvalue weighted by Crippen LogP contribution is -2.43. The summed E-state index contributed by atoms with van der Waals surface area (Å²) >= 11 is 0. The van der Waals surface area contributed by atoms with Crippen molar-refractivity contribution in [1.82, 2.24) is 5.32 Å². The molecule has 11 heteroatoms. The molecule has 1 atom stereocenters. The Morgan fingerprint density at radius 3 is 2.06 bits per heavy atom. The molecule has 178 valence electrons. The minimum atomic E-state index is -4.61. The van der Waals surface area contributed by atoms with E-state index in [1.165, 1.54) is 27.4 Å². The van der Waals surface area contributed by atoms with Crippen molar-refractivity contribution in [3.8, 4) is 28.7 Å². The maximum absolute atomic E-state index is 12.9. The number of amides is 1. The molecule has 7 nitrogen and oxygen atoms in total. The summed E-state index contributed by atoms with van der Waals surface area (Å²) in [6.07, 6.45) is -3.91. The number of carbonyl (C=O) groups excluding carboxylic acids is 1. The molecule has 2 rings (SSSR count). The number of alkyl halides is 3. The van der Waals surface area contributed by atoms with Gasteiger partial charge in [-0.25, -0.2) is 0 Å². The van der Waals surface area contributed by atoms with Gasteiger partial charge in [-0.05, 0) is 37.6 Å². The first-order chi connectivity index (χ1) is 14.7. The first-order valence-electron chi connectivity index (χ1n) is 9.33. The normalized spacial score (nSPS) is 11.8. The zero-order chi connectivity index (χ0) is 23.2. The number of rotatable bonds is 9. The number of benzene rings is 2. The van der Waals surface area contributed by atoms with Crippen LogP contribution in [0.3, 0.4) is 0 Å². The summed E-state index contributed by atoms with van der Waals surface area (Å²) in [5.74, 6) is -0.488. The standard InChI is InChI=1S/C21H25F3N2O5.ClH/c1-12(21(22,23)24)26-20(27)15-11-16(18(29-3)19(30-4)17(15)28-2)31-14-7-5-13(6-8-14)9-10-25;/h5-8,11-12H,9-10,25H2,1-4H3,(H,26,27);1H. The van der Waals surface area contributed by atoms with Crippen LogP contribution in [-0.2, 0) is 6.42 Å². The molecule has 0 aliphatic heterocycles. The van der Waals surface area contributed by atoms with Crippen molar-refractivity contribution in [2.75, 3.05) is 27.9 Å². The van der Waals surface area contributed by atoms with Crippen LogP contribution < -0.4 is 30.0 Å². The molecule has 0 bridgehead atoms. The van der Waals surface area contributed by atoms with Crippen LogP contribution in [0.25, 0.3) is 0 Å². The summed E-state index contributed by atoms with van der Waals surface area (Å²) in [5.41, 5.74) is 6.35. The van der Waals surface area contributed by atoms with Gasteiger partial charge in [0, 0.05) is 6.07 Å². The molecule has 0 spiro atoms. The summed E-state index contributed by atoms with van der Waals surface area (Å²) in [4.78, 5) is 12.6. The number of hydrogen-bond donors (Lipinski definition) is 2. The molecular formula is C21H26ClF3N2O5. The van der Waals surface area contributed by atoms with Crippen LogP contribution in [0, 0.1) is 0 Å². The maximum Gasteiger partial charge on any atom is 0.408 e. The van der Waals surface area contributed by atoms with E-state index < -0.39 is 18.1 Å². The van der Waals surface area contributed by atoms with Gasteiger partial charge in [-0.1, -0.05) is 12.1 Å². The van der Waals surface area contributed by atoms with Gasteiger partial charge in [-0.3, -0.25) is 4.79 Å². The lowest BCUT2D eigenvalue weighted by atomic mass is 10.1. The quantitative estimate of drug-likeness (QED) is 0.563. The van der Waals surface area contributed by atoms with E-state index in [0.717, 1.165) is 12.5 Å². The average Bonchev–Trinajstić information content (AvgIpc) is 2.73. The van der Waals surface area contributed by atoms with Gasteiger partial charge in [0.2, 0.25) is 11.5 Å². The zero-order valence-corrected chi connectivity index (χ0v) is 18.9. The maximum atomic E-state index is 12.9. The fourth-order valence-corrected chi connectivity index (χ4v) is 2.80. The summed E-state index contributed by atoms with van der Waals surface area (Å²) in [6, 6.07) is 6.23. The fraction of sp³-hybridized carbons (Fsp3) is 0.381. The predicted octanol–water partition coefficient (Wildman–Crippen LogP) is 4.11. The van der Waals surface area contributed by atoms with Crippen LogP contribution in [0.5, 0.6) is 28.7 Å². The number of carbonyl (C=O) groups is 1. The Labute approximate surface area is 190 Å². The predicted molar refractivity (Wildman–Crippen MR) is 116 cm³/mol. The molecule has 32 heavy (non-hydrogen) atoms. The number of methoxy groups -OCH3 is 3. The van der Waals surface area contributed by atoms with Crippen molar-refractivity contribution in [2.45, 2.75) is 25.6 Å². The monoisotopic (exact) mass is 478 g/mol. The van der Waals surface area contributed by atoms with Crippen LogP contribution in [0.2, 0.25) is 0 Å². The largest absolute Gasteiger partial charge is 0.492 e. The van der Waals surface area contributed by atoms with E-state index in [4.69, 9.17) is 24.7 Å². The smallest absolute Gasteiger partial charge is 0.408 e. The van der Waals surface area contributed by atoms with Crippen molar-refractivity contribution in [3.05, 3.63) is 41.5 Å². The molecule has 0 fully saturated rings. The Morgan fingerprint density at radius 1 is 1.03 bits per heavy atom. The minimum absolute atomic E-state index is 0. The molecule has 2 aromatic rings. The second-order valence-electron chi connectivity index (χ2n) is 6.54. The number of halogens is 4. The fourth-order valence-electron chi connectivity index (χ4n) is 2.80. The van der Waals surface area contributed by atoms with E-state index in [2.05, 4.69) is 0 Å². The summed E-state index contributed by atoms with van der Waals surface area (Å²) in [7, 11) is 3.93. The highest BCUT2D eigenvalue weighted by molar-refractivity contribution is 5.99. The lowest BCUT2D eigenvalue weighted by molar-refractivity contribution is -0.149. The Kier molecular flexibility index (Phi) is 9.92. The summed E-state index contributed by atoms with van der Waals surface area (Å²) in [5, 5.41) is 1.90. The third-order valence-corrected chi connectivity index (χ3v) is 4.44. The summed E-state index contributed by atoms with van der Waals surface area (Å²) in [6.45, 7) is 1.34. The molecule has 2 aromatic carbocycles. The van der Waals surface area contributed by atoms with Crippen molar-refractivity contribution >= 4 is 18.3 Å². The van der Waals surface area contributed by atoms with E-state index in [0.29, 0.717) is 18.7 Å². The molecule has 0 saturated carbocycles. The molecule has 1 amide bonds. The van der Waals surface area contributed by atoms with Crippen LogP contribution >= 0.6 is 12.4 Å². The highest BCUT2D eigenvalue weighted by atomic mass is 35.5. The van der Waals surface area contributed by atoms with Gasteiger partial charge in [0.15, 0.2) is 11.5 Å². The molecule has 0 heterocycles. The van der Waals surface area contributed by atoms with Gasteiger partial charge in [0.05, 0.1) is 26.9 Å². The lowest BCUT2D eigenvalue weighted by Gasteiger charge is -2.21. The van der Waals surface area contributed by atoms with Crippen LogP contribution in [0.15, 0.2) is 30.3 Å². The van der Waals surface area contributed by atoms with Gasteiger partial charge in [0.1, 0.15) is 11.8 Å². The van der Waals surface area contributed by atoms with Gasteiger partial charge in [-0.15, -0.1) is 12.4 Å². The second-order valence-corrected chi connectivity index (χ2v) is 6.54. The number of ether oxygens (including phenoxy) is 4. The minimum Gasteiger partial charge on any atom is -0.492 e. The van der Waals surface area contributed by atoms with E-state index in [1.54, 1.807) is 12.1 Å². The van der Waals surface area contributed by atoms with E-state index in [1.807, 2.05) is 17.4 Å². The van der Waals surface area contributed by atoms with Gasteiger partial charge in [-0.2, -0.15) is 13.2 Å². The molecular weight excluding hydrogens is 453 g/mol. The van der Waals surface area contributed by atoms with E-state index in [-0.39, 0.29) is 41.0 Å². The van der Waals surface area contributed by atoms with Gasteiger partial charge < -0.3 is 30.0 Å². The van der Waals surface area contributed by atoms with Gasteiger partial charge in [0.25, 0.3) is 5.91 Å². The topological polar surface area (TPSA) is 92.0 Å². The second kappa shape index (κ2) is 11.7. The average molecular weight is 479 g/mol. The number of nitrogens with two attached hydrogens (primary N) is 1. The van der Waals surface area contributed by atoms with Gasteiger partial charge >= 0.3 is 6.18 Å². The van der Waals surface area contributed by atoms with Crippen LogP contribution in [0.4, 0.5) is 13.2 Å². The van der Waals surface area contributed by atoms with Crippen molar-refractivity contribution in [3.63, 3.8) is 0 Å². The Bertz CT molecular complexity index is 908. The number of hydrogen-bond acceptors (Lipinski definition) is 6. The van der Waals surface area contributed by atoms with Crippen LogP contribution in [-0.4, -0.2) is 46.0 Å².